The summed E-state index contributed by atoms with van der Waals surface area (Å²) in [7, 11) is 1.58. The van der Waals surface area contributed by atoms with Crippen LogP contribution in [0.15, 0.2) is 12.1 Å². The van der Waals surface area contributed by atoms with E-state index in [1.54, 1.807) is 26.1 Å². The Labute approximate surface area is 86.3 Å². The van der Waals surface area contributed by atoms with Crippen molar-refractivity contribution in [1.29, 1.82) is 0 Å². The third kappa shape index (κ3) is 0.990. The number of anilines is 1. The fraction of sp³-hybridized carbons (Fsp3) is 0.200. The first-order valence-corrected chi connectivity index (χ1v) is 4.53. The molecule has 1 aromatic carbocycles. The summed E-state index contributed by atoms with van der Waals surface area (Å²) in [6.07, 6.45) is 0. The number of carbonyl (C=O) groups excluding carboxylic acids is 2. The largest absolute Gasteiger partial charge is 0.308 e. The highest BCUT2D eigenvalue weighted by molar-refractivity contribution is 6.52. The second-order valence-corrected chi connectivity index (χ2v) is 3.67. The zero-order chi connectivity index (χ0) is 10.5. The lowest BCUT2D eigenvalue weighted by Gasteiger charge is -2.12. The fourth-order valence-corrected chi connectivity index (χ4v) is 1.81. The van der Waals surface area contributed by atoms with Crippen molar-refractivity contribution >= 4 is 29.0 Å². The molecule has 0 N–H and O–H groups in total. The molecule has 1 heterocycles. The summed E-state index contributed by atoms with van der Waals surface area (Å²) >= 11 is 5.90. The monoisotopic (exact) mass is 209 g/mol. The predicted molar refractivity (Wildman–Crippen MR) is 53.9 cm³/mol. The number of benzene rings is 1. The second kappa shape index (κ2) is 2.82. The maximum Gasteiger partial charge on any atom is 0.299 e. The highest BCUT2D eigenvalue weighted by atomic mass is 35.5. The van der Waals surface area contributed by atoms with Crippen molar-refractivity contribution < 1.29 is 9.59 Å². The standard InChI is InChI=1S/C10H8ClNO2/c1-5-7(11)4-3-6-8(5)12(2)10(14)9(6)13/h3-4H,1-2H3. The van der Waals surface area contributed by atoms with Gasteiger partial charge in [-0.3, -0.25) is 9.59 Å². The minimum Gasteiger partial charge on any atom is -0.308 e. The second-order valence-electron chi connectivity index (χ2n) is 3.26. The van der Waals surface area contributed by atoms with Crippen LogP contribution in [-0.4, -0.2) is 18.7 Å². The van der Waals surface area contributed by atoms with E-state index in [9.17, 15) is 9.59 Å². The molecule has 0 aromatic heterocycles. The predicted octanol–water partition coefficient (Wildman–Crippen LogP) is 1.81. The Morgan fingerprint density at radius 1 is 1.29 bits per heavy atom. The van der Waals surface area contributed by atoms with E-state index < -0.39 is 11.7 Å². The summed E-state index contributed by atoms with van der Waals surface area (Å²) in [5.74, 6) is -0.951. The Kier molecular flexibility index (Phi) is 1.86. The van der Waals surface area contributed by atoms with Crippen LogP contribution in [0.1, 0.15) is 15.9 Å². The van der Waals surface area contributed by atoms with Gasteiger partial charge < -0.3 is 4.90 Å². The Morgan fingerprint density at radius 2 is 1.93 bits per heavy atom. The van der Waals surface area contributed by atoms with Gasteiger partial charge in [-0.05, 0) is 24.6 Å². The summed E-state index contributed by atoms with van der Waals surface area (Å²) in [5.41, 5.74) is 1.85. The van der Waals surface area contributed by atoms with Gasteiger partial charge >= 0.3 is 0 Å². The van der Waals surface area contributed by atoms with E-state index in [0.717, 1.165) is 5.56 Å². The molecule has 72 valence electrons. The van der Waals surface area contributed by atoms with Gasteiger partial charge in [-0.2, -0.15) is 0 Å². The van der Waals surface area contributed by atoms with Crippen LogP contribution in [0, 0.1) is 6.92 Å². The van der Waals surface area contributed by atoms with E-state index in [-0.39, 0.29) is 0 Å². The number of amides is 1. The summed E-state index contributed by atoms with van der Waals surface area (Å²) in [4.78, 5) is 24.1. The summed E-state index contributed by atoms with van der Waals surface area (Å²) in [6, 6.07) is 3.23. The normalized spacial score (nSPS) is 14.9. The molecular formula is C10H8ClNO2. The zero-order valence-corrected chi connectivity index (χ0v) is 8.55. The topological polar surface area (TPSA) is 37.4 Å². The molecule has 0 fully saturated rings. The number of hydrogen-bond acceptors (Lipinski definition) is 2. The molecule has 0 bridgehead atoms. The average Bonchev–Trinajstić information content (AvgIpc) is 2.38. The van der Waals surface area contributed by atoms with Crippen molar-refractivity contribution in [2.75, 3.05) is 11.9 Å². The minimum atomic E-state index is -0.495. The van der Waals surface area contributed by atoms with Gasteiger partial charge in [-0.25, -0.2) is 0 Å². The van der Waals surface area contributed by atoms with Gasteiger partial charge in [0.15, 0.2) is 0 Å². The van der Waals surface area contributed by atoms with Gasteiger partial charge in [0, 0.05) is 12.1 Å². The molecule has 2 rings (SSSR count). The number of fused-ring (bicyclic) bond motifs is 1. The molecule has 14 heavy (non-hydrogen) atoms. The van der Waals surface area contributed by atoms with Crippen molar-refractivity contribution in [1.82, 2.24) is 0 Å². The fourth-order valence-electron chi connectivity index (χ4n) is 1.66. The van der Waals surface area contributed by atoms with Crippen LogP contribution in [0.3, 0.4) is 0 Å². The molecule has 0 spiro atoms. The third-order valence-electron chi connectivity index (χ3n) is 2.44. The van der Waals surface area contributed by atoms with Crippen LogP contribution >= 0.6 is 11.6 Å². The van der Waals surface area contributed by atoms with Crippen LogP contribution in [0.2, 0.25) is 5.02 Å². The first kappa shape index (κ1) is 9.21. The van der Waals surface area contributed by atoms with Gasteiger partial charge in [0.25, 0.3) is 11.7 Å². The number of rotatable bonds is 0. The Balaban J connectivity index is 2.76. The Bertz CT molecular complexity index is 454. The number of halogens is 1. The van der Waals surface area contributed by atoms with E-state index in [0.29, 0.717) is 16.3 Å². The average molecular weight is 210 g/mol. The smallest absolute Gasteiger partial charge is 0.299 e. The van der Waals surface area contributed by atoms with E-state index in [1.807, 2.05) is 0 Å². The van der Waals surface area contributed by atoms with Crippen molar-refractivity contribution in [3.05, 3.63) is 28.3 Å². The minimum absolute atomic E-state index is 0.444. The van der Waals surface area contributed by atoms with Crippen molar-refractivity contribution in [3.63, 3.8) is 0 Å². The van der Waals surface area contributed by atoms with Gasteiger partial charge in [0.1, 0.15) is 0 Å². The number of nitrogens with zero attached hydrogens (tertiary/aromatic N) is 1. The third-order valence-corrected chi connectivity index (χ3v) is 2.85. The maximum absolute atomic E-state index is 11.4. The SMILES string of the molecule is Cc1c(Cl)ccc2c1N(C)C(=O)C2=O. The molecule has 0 radical (unpaired) electrons. The van der Waals surface area contributed by atoms with Gasteiger partial charge in [0.05, 0.1) is 11.3 Å². The molecule has 1 amide bonds. The van der Waals surface area contributed by atoms with Crippen molar-refractivity contribution in [3.8, 4) is 0 Å². The molecule has 0 unspecified atom stereocenters. The molecule has 3 nitrogen and oxygen atoms in total. The van der Waals surface area contributed by atoms with Crippen LogP contribution in [-0.2, 0) is 4.79 Å². The van der Waals surface area contributed by atoms with E-state index in [4.69, 9.17) is 11.6 Å². The Morgan fingerprint density at radius 3 is 2.57 bits per heavy atom. The first-order chi connectivity index (χ1) is 6.54. The van der Waals surface area contributed by atoms with Crippen LogP contribution in [0.25, 0.3) is 0 Å². The van der Waals surface area contributed by atoms with Crippen LogP contribution in [0.5, 0.6) is 0 Å². The number of Topliss-reactive ketones (excluding diaryl/α,β-unsaturated/α-hetero) is 1. The summed E-state index contributed by atoms with van der Waals surface area (Å²) in [5, 5.41) is 0.568. The van der Waals surface area contributed by atoms with Crippen LogP contribution < -0.4 is 4.90 Å². The molecule has 1 aliphatic rings. The highest BCUT2D eigenvalue weighted by Gasteiger charge is 2.34. The van der Waals surface area contributed by atoms with E-state index in [2.05, 4.69) is 0 Å². The van der Waals surface area contributed by atoms with Gasteiger partial charge in [0.2, 0.25) is 0 Å². The summed E-state index contributed by atoms with van der Waals surface area (Å²) in [6.45, 7) is 1.80. The Hall–Kier alpha value is -1.35. The first-order valence-electron chi connectivity index (χ1n) is 4.15. The molecule has 0 atom stereocenters. The molecular weight excluding hydrogens is 202 g/mol. The molecule has 1 aliphatic heterocycles. The number of carbonyl (C=O) groups is 2. The maximum atomic E-state index is 11.4. The number of hydrogen-bond donors (Lipinski definition) is 0. The number of ketones is 1. The lowest BCUT2D eigenvalue weighted by Crippen LogP contribution is -2.25. The van der Waals surface area contributed by atoms with Gasteiger partial charge in [-0.1, -0.05) is 11.6 Å². The van der Waals surface area contributed by atoms with E-state index >= 15 is 0 Å². The lowest BCUT2D eigenvalue weighted by molar-refractivity contribution is -0.114. The highest BCUT2D eigenvalue weighted by Crippen LogP contribution is 2.34. The molecule has 0 saturated carbocycles. The molecule has 1 aromatic rings. The number of likely N-dealkylation sites (N-methyl/N-ethyl adjacent to an activating group) is 1. The lowest BCUT2D eigenvalue weighted by atomic mass is 10.1. The summed E-state index contributed by atoms with van der Waals surface area (Å²) < 4.78 is 0. The van der Waals surface area contributed by atoms with Crippen molar-refractivity contribution in [2.45, 2.75) is 6.92 Å². The quantitative estimate of drug-likeness (QED) is 0.611. The molecule has 4 heteroatoms. The van der Waals surface area contributed by atoms with Crippen LogP contribution in [0.4, 0.5) is 5.69 Å². The van der Waals surface area contributed by atoms with Crippen molar-refractivity contribution in [2.24, 2.45) is 0 Å². The molecule has 0 aliphatic carbocycles. The van der Waals surface area contributed by atoms with Gasteiger partial charge in [-0.15, -0.1) is 0 Å². The van der Waals surface area contributed by atoms with E-state index in [1.165, 1.54) is 4.90 Å². The zero-order valence-electron chi connectivity index (χ0n) is 7.80. The molecule has 0 saturated heterocycles.